The van der Waals surface area contributed by atoms with Gasteiger partial charge >= 0.3 is 0 Å². The van der Waals surface area contributed by atoms with Gasteiger partial charge < -0.3 is 5.73 Å². The fourth-order valence-electron chi connectivity index (χ4n) is 2.63. The Hall–Kier alpha value is -1.00. The number of hydrogen-bond donors (Lipinski definition) is 1. The summed E-state index contributed by atoms with van der Waals surface area (Å²) in [4.78, 5) is 2.25. The van der Waals surface area contributed by atoms with Crippen molar-refractivity contribution in [1.82, 2.24) is 4.90 Å². The zero-order valence-corrected chi connectivity index (χ0v) is 10.9. The van der Waals surface area contributed by atoms with E-state index in [4.69, 9.17) is 5.73 Å². The lowest BCUT2D eigenvalue weighted by molar-refractivity contribution is 0.122. The fraction of sp³-hybridized carbons (Fsp3) is 0.571. The first-order valence-corrected chi connectivity index (χ1v) is 6.39. The van der Waals surface area contributed by atoms with E-state index in [-0.39, 0.29) is 11.1 Å². The van der Waals surface area contributed by atoms with Crippen LogP contribution in [0, 0.1) is 11.6 Å². The normalized spacial score (nSPS) is 19.2. The van der Waals surface area contributed by atoms with Gasteiger partial charge in [-0.1, -0.05) is 12.1 Å². The number of nitrogens with zero attached hydrogens (tertiary/aromatic N) is 1. The number of nitrogens with two attached hydrogens (primary N) is 1. The van der Waals surface area contributed by atoms with Crippen LogP contribution in [0.2, 0.25) is 0 Å². The Kier molecular flexibility index (Phi) is 3.69. The molecule has 1 aliphatic rings. The number of rotatable bonds is 3. The zero-order valence-electron chi connectivity index (χ0n) is 10.9. The van der Waals surface area contributed by atoms with Crippen LogP contribution in [-0.2, 0) is 0 Å². The number of halogens is 2. The highest BCUT2D eigenvalue weighted by Crippen LogP contribution is 2.33. The Labute approximate surface area is 107 Å². The molecule has 18 heavy (non-hydrogen) atoms. The topological polar surface area (TPSA) is 29.3 Å². The molecule has 1 fully saturated rings. The molecule has 0 radical (unpaired) electrons. The van der Waals surface area contributed by atoms with Crippen LogP contribution in [0.5, 0.6) is 0 Å². The van der Waals surface area contributed by atoms with Gasteiger partial charge in [0.25, 0.3) is 0 Å². The lowest BCUT2D eigenvalue weighted by Gasteiger charge is -2.40. The van der Waals surface area contributed by atoms with Crippen molar-refractivity contribution in [3.8, 4) is 0 Å². The van der Waals surface area contributed by atoms with E-state index in [0.29, 0.717) is 0 Å². The molecule has 0 amide bonds. The average molecular weight is 254 g/mol. The average Bonchev–Trinajstić information content (AvgIpc) is 2.86. The van der Waals surface area contributed by atoms with Crippen LogP contribution in [0.15, 0.2) is 18.2 Å². The standard InChI is InChI=1S/C14H20F2N2/c1-14(2,18-8-3-4-9-18)13(17)10-6-5-7-11(15)12(10)16/h5-7,13H,3-4,8-9,17H2,1-2H3. The first-order chi connectivity index (χ1) is 8.44. The SMILES string of the molecule is CC(C)(C(N)c1cccc(F)c1F)N1CCCC1. The summed E-state index contributed by atoms with van der Waals surface area (Å²) in [6.45, 7) is 5.93. The third-order valence-corrected chi connectivity index (χ3v) is 4.00. The monoisotopic (exact) mass is 254 g/mol. The molecule has 1 aliphatic heterocycles. The lowest BCUT2D eigenvalue weighted by Crippen LogP contribution is -2.50. The minimum Gasteiger partial charge on any atom is -0.322 e. The molecule has 2 rings (SSSR count). The third kappa shape index (κ3) is 2.27. The second-order valence-corrected chi connectivity index (χ2v) is 5.47. The van der Waals surface area contributed by atoms with E-state index >= 15 is 0 Å². The predicted molar refractivity (Wildman–Crippen MR) is 68.2 cm³/mol. The number of benzene rings is 1. The highest BCUT2D eigenvalue weighted by molar-refractivity contribution is 5.25. The summed E-state index contributed by atoms with van der Waals surface area (Å²) in [7, 11) is 0. The summed E-state index contributed by atoms with van der Waals surface area (Å²) in [6, 6.07) is 3.66. The van der Waals surface area contributed by atoms with Crippen molar-refractivity contribution < 1.29 is 8.78 Å². The first kappa shape index (κ1) is 13.4. The molecular weight excluding hydrogens is 234 g/mol. The largest absolute Gasteiger partial charge is 0.322 e. The van der Waals surface area contributed by atoms with Crippen LogP contribution in [0.25, 0.3) is 0 Å². The van der Waals surface area contributed by atoms with Gasteiger partial charge in [0.15, 0.2) is 11.6 Å². The van der Waals surface area contributed by atoms with E-state index in [1.807, 2.05) is 13.8 Å². The predicted octanol–water partition coefficient (Wildman–Crippen LogP) is 2.84. The molecule has 0 aliphatic carbocycles. The van der Waals surface area contributed by atoms with Crippen molar-refractivity contribution in [2.75, 3.05) is 13.1 Å². The van der Waals surface area contributed by atoms with Crippen molar-refractivity contribution in [3.63, 3.8) is 0 Å². The molecule has 1 atom stereocenters. The minimum atomic E-state index is -0.833. The van der Waals surface area contributed by atoms with Crippen molar-refractivity contribution in [3.05, 3.63) is 35.4 Å². The van der Waals surface area contributed by atoms with Gasteiger partial charge in [0.05, 0.1) is 6.04 Å². The highest BCUT2D eigenvalue weighted by Gasteiger charge is 2.36. The van der Waals surface area contributed by atoms with Gasteiger partial charge in [-0.25, -0.2) is 8.78 Å². The van der Waals surface area contributed by atoms with E-state index in [2.05, 4.69) is 4.90 Å². The van der Waals surface area contributed by atoms with Gasteiger partial charge in [0.1, 0.15) is 0 Å². The molecule has 1 aromatic carbocycles. The van der Waals surface area contributed by atoms with E-state index in [0.717, 1.165) is 32.0 Å². The van der Waals surface area contributed by atoms with Crippen molar-refractivity contribution in [2.24, 2.45) is 5.73 Å². The lowest BCUT2D eigenvalue weighted by atomic mass is 9.87. The molecule has 0 spiro atoms. The summed E-state index contributed by atoms with van der Waals surface area (Å²) >= 11 is 0. The van der Waals surface area contributed by atoms with Gasteiger partial charge in [-0.3, -0.25) is 4.90 Å². The maximum atomic E-state index is 13.8. The van der Waals surface area contributed by atoms with Crippen molar-refractivity contribution in [1.29, 1.82) is 0 Å². The van der Waals surface area contributed by atoms with E-state index < -0.39 is 17.7 Å². The van der Waals surface area contributed by atoms with Gasteiger partial charge in [-0.2, -0.15) is 0 Å². The Morgan fingerprint density at radius 1 is 1.22 bits per heavy atom. The van der Waals surface area contributed by atoms with Gasteiger partial charge in [0.2, 0.25) is 0 Å². The van der Waals surface area contributed by atoms with Crippen LogP contribution in [-0.4, -0.2) is 23.5 Å². The zero-order chi connectivity index (χ0) is 13.3. The molecule has 2 N–H and O–H groups in total. The van der Waals surface area contributed by atoms with Crippen molar-refractivity contribution >= 4 is 0 Å². The number of hydrogen-bond acceptors (Lipinski definition) is 2. The van der Waals surface area contributed by atoms with Gasteiger partial charge in [-0.05, 0) is 45.8 Å². The quantitative estimate of drug-likeness (QED) is 0.898. The third-order valence-electron chi connectivity index (χ3n) is 4.00. The smallest absolute Gasteiger partial charge is 0.163 e. The molecular formula is C14H20F2N2. The Balaban J connectivity index is 2.29. The summed E-state index contributed by atoms with van der Waals surface area (Å²) in [5, 5.41) is 0. The molecule has 1 aromatic rings. The minimum absolute atomic E-state index is 0.256. The Bertz CT molecular complexity index is 426. The molecule has 1 heterocycles. The maximum Gasteiger partial charge on any atom is 0.163 e. The summed E-state index contributed by atoms with van der Waals surface area (Å²) in [6.07, 6.45) is 2.28. The van der Waals surface area contributed by atoms with E-state index in [1.54, 1.807) is 6.07 Å². The number of likely N-dealkylation sites (tertiary alicyclic amines) is 1. The van der Waals surface area contributed by atoms with Crippen LogP contribution in [0.4, 0.5) is 8.78 Å². The maximum absolute atomic E-state index is 13.8. The summed E-state index contributed by atoms with van der Waals surface area (Å²) < 4.78 is 27.1. The summed E-state index contributed by atoms with van der Waals surface area (Å²) in [5.41, 5.74) is 6.06. The van der Waals surface area contributed by atoms with Gasteiger partial charge in [-0.15, -0.1) is 0 Å². The molecule has 4 heteroatoms. The van der Waals surface area contributed by atoms with Crippen LogP contribution >= 0.6 is 0 Å². The molecule has 1 saturated heterocycles. The van der Waals surface area contributed by atoms with Crippen LogP contribution in [0.3, 0.4) is 0 Å². The second-order valence-electron chi connectivity index (χ2n) is 5.47. The Morgan fingerprint density at radius 3 is 2.44 bits per heavy atom. The first-order valence-electron chi connectivity index (χ1n) is 6.39. The van der Waals surface area contributed by atoms with E-state index in [1.165, 1.54) is 6.07 Å². The molecule has 1 unspecified atom stereocenters. The molecule has 0 saturated carbocycles. The van der Waals surface area contributed by atoms with E-state index in [9.17, 15) is 8.78 Å². The second kappa shape index (κ2) is 4.94. The Morgan fingerprint density at radius 2 is 1.83 bits per heavy atom. The molecule has 2 nitrogen and oxygen atoms in total. The fourth-order valence-corrected chi connectivity index (χ4v) is 2.63. The molecule has 0 aromatic heterocycles. The molecule has 100 valence electrons. The van der Waals surface area contributed by atoms with Crippen LogP contribution < -0.4 is 5.73 Å². The van der Waals surface area contributed by atoms with Crippen molar-refractivity contribution in [2.45, 2.75) is 38.3 Å². The highest BCUT2D eigenvalue weighted by atomic mass is 19.2. The van der Waals surface area contributed by atoms with Crippen LogP contribution in [0.1, 0.15) is 38.3 Å². The van der Waals surface area contributed by atoms with Gasteiger partial charge in [0, 0.05) is 11.1 Å². The summed E-state index contributed by atoms with van der Waals surface area (Å²) in [5.74, 6) is -1.66. The molecule has 0 bridgehead atoms.